The van der Waals surface area contributed by atoms with Gasteiger partial charge in [0.05, 0.1) is 19.1 Å². The lowest BCUT2D eigenvalue weighted by atomic mass is 9.99. The third-order valence-electron chi connectivity index (χ3n) is 4.63. The smallest absolute Gasteiger partial charge is 0.306 e. The third-order valence-corrected chi connectivity index (χ3v) is 4.63. The zero-order valence-corrected chi connectivity index (χ0v) is 18.3. The standard InChI is InChI=1S/C24H34N2O5/c1-4-6-13-23(29)31-19(3)17-25-24(30)21(10-5-2)16-22(28)26(14-15-27)18-20-11-8-7-9-12-20/h4-5,7-9,11-12,19,21,27H,1-2,6,10,13-18H2,3H3,(H,25,30)/t19-,21-/m0/s1. The molecule has 0 aliphatic rings. The van der Waals surface area contributed by atoms with Gasteiger partial charge in [-0.05, 0) is 25.3 Å². The van der Waals surface area contributed by atoms with Gasteiger partial charge in [-0.2, -0.15) is 0 Å². The number of hydrogen-bond donors (Lipinski definition) is 2. The Labute approximate surface area is 184 Å². The van der Waals surface area contributed by atoms with E-state index in [4.69, 9.17) is 4.74 Å². The lowest BCUT2D eigenvalue weighted by Gasteiger charge is -2.24. The molecule has 0 aliphatic carbocycles. The van der Waals surface area contributed by atoms with Crippen LogP contribution in [-0.4, -0.2) is 53.6 Å². The molecular formula is C24H34N2O5. The molecule has 0 spiro atoms. The van der Waals surface area contributed by atoms with E-state index in [0.717, 1.165) is 5.56 Å². The number of aliphatic hydroxyl groups is 1. The quantitative estimate of drug-likeness (QED) is 0.329. The summed E-state index contributed by atoms with van der Waals surface area (Å²) in [4.78, 5) is 38.7. The SMILES string of the molecule is C=CCCC(=O)O[C@@H](C)CNC(=O)[C@@H](CC=C)CC(=O)N(CCO)Cc1ccccc1. The number of carbonyl (C=O) groups excluding carboxylic acids is 3. The van der Waals surface area contributed by atoms with Crippen molar-refractivity contribution in [1.29, 1.82) is 0 Å². The Morgan fingerprint density at radius 3 is 2.52 bits per heavy atom. The van der Waals surface area contributed by atoms with Crippen LogP contribution in [0.3, 0.4) is 0 Å². The van der Waals surface area contributed by atoms with Crippen LogP contribution < -0.4 is 5.32 Å². The molecule has 31 heavy (non-hydrogen) atoms. The van der Waals surface area contributed by atoms with Crippen molar-refractivity contribution in [3.63, 3.8) is 0 Å². The third kappa shape index (κ3) is 10.6. The van der Waals surface area contributed by atoms with Crippen molar-refractivity contribution in [2.75, 3.05) is 19.7 Å². The molecule has 0 fully saturated rings. The fourth-order valence-electron chi connectivity index (χ4n) is 2.97. The first-order chi connectivity index (χ1) is 14.9. The highest BCUT2D eigenvalue weighted by Gasteiger charge is 2.24. The van der Waals surface area contributed by atoms with Gasteiger partial charge in [0.25, 0.3) is 0 Å². The van der Waals surface area contributed by atoms with Crippen molar-refractivity contribution in [1.82, 2.24) is 10.2 Å². The monoisotopic (exact) mass is 430 g/mol. The van der Waals surface area contributed by atoms with E-state index < -0.39 is 12.0 Å². The molecule has 0 bridgehead atoms. The maximum atomic E-state index is 12.8. The maximum absolute atomic E-state index is 12.8. The summed E-state index contributed by atoms with van der Waals surface area (Å²) in [5.74, 6) is -1.46. The van der Waals surface area contributed by atoms with Crippen LogP contribution in [-0.2, 0) is 25.7 Å². The number of carbonyl (C=O) groups is 3. The Morgan fingerprint density at radius 2 is 1.90 bits per heavy atom. The van der Waals surface area contributed by atoms with Gasteiger partial charge in [-0.25, -0.2) is 0 Å². The molecule has 2 atom stereocenters. The molecule has 7 heteroatoms. The lowest BCUT2D eigenvalue weighted by Crippen LogP contribution is -2.40. The normalized spacial score (nSPS) is 12.3. The van der Waals surface area contributed by atoms with Crippen molar-refractivity contribution in [2.24, 2.45) is 5.92 Å². The Morgan fingerprint density at radius 1 is 1.19 bits per heavy atom. The second kappa shape index (κ2) is 15.0. The summed E-state index contributed by atoms with van der Waals surface area (Å²) in [5, 5.41) is 12.1. The molecule has 0 saturated heterocycles. The molecule has 7 nitrogen and oxygen atoms in total. The number of benzene rings is 1. The van der Waals surface area contributed by atoms with E-state index in [9.17, 15) is 19.5 Å². The van der Waals surface area contributed by atoms with Gasteiger partial charge in [-0.1, -0.05) is 42.5 Å². The predicted octanol–water partition coefficient (Wildman–Crippen LogP) is 2.60. The van der Waals surface area contributed by atoms with Gasteiger partial charge in [0.1, 0.15) is 6.10 Å². The molecule has 0 radical (unpaired) electrons. The Hall–Kier alpha value is -2.93. The number of rotatable bonds is 15. The zero-order valence-electron chi connectivity index (χ0n) is 18.3. The van der Waals surface area contributed by atoms with Gasteiger partial charge in [0, 0.05) is 25.9 Å². The van der Waals surface area contributed by atoms with Crippen molar-refractivity contribution in [2.45, 2.75) is 45.3 Å². The number of esters is 1. The van der Waals surface area contributed by atoms with Crippen LogP contribution in [0.25, 0.3) is 0 Å². The van der Waals surface area contributed by atoms with Crippen LogP contribution in [0.15, 0.2) is 55.6 Å². The number of allylic oxidation sites excluding steroid dienone is 2. The van der Waals surface area contributed by atoms with E-state index in [-0.39, 0.29) is 50.3 Å². The molecule has 1 rings (SSSR count). The second-order valence-corrected chi connectivity index (χ2v) is 7.32. The maximum Gasteiger partial charge on any atom is 0.306 e. The Kier molecular flexibility index (Phi) is 12.6. The highest BCUT2D eigenvalue weighted by atomic mass is 16.5. The Bertz CT molecular complexity index is 720. The number of hydrogen-bond acceptors (Lipinski definition) is 5. The van der Waals surface area contributed by atoms with Crippen molar-refractivity contribution >= 4 is 17.8 Å². The molecule has 0 heterocycles. The summed E-state index contributed by atoms with van der Waals surface area (Å²) >= 11 is 0. The Balaban J connectivity index is 2.64. The van der Waals surface area contributed by atoms with Crippen LogP contribution in [0, 0.1) is 5.92 Å². The first kappa shape index (κ1) is 26.1. The van der Waals surface area contributed by atoms with Gasteiger partial charge in [-0.3, -0.25) is 14.4 Å². The minimum Gasteiger partial charge on any atom is -0.461 e. The highest BCUT2D eigenvalue weighted by Crippen LogP contribution is 2.14. The molecule has 2 amide bonds. The lowest BCUT2D eigenvalue weighted by molar-refractivity contribution is -0.148. The van der Waals surface area contributed by atoms with Gasteiger partial charge in [0.2, 0.25) is 11.8 Å². The summed E-state index contributed by atoms with van der Waals surface area (Å²) in [6.07, 6.45) is 3.88. The largest absolute Gasteiger partial charge is 0.461 e. The predicted molar refractivity (Wildman–Crippen MR) is 120 cm³/mol. The van der Waals surface area contributed by atoms with Crippen molar-refractivity contribution in [3.05, 3.63) is 61.2 Å². The van der Waals surface area contributed by atoms with E-state index in [0.29, 0.717) is 19.4 Å². The number of aliphatic hydroxyl groups excluding tert-OH is 1. The van der Waals surface area contributed by atoms with E-state index in [2.05, 4.69) is 18.5 Å². The fourth-order valence-corrected chi connectivity index (χ4v) is 2.97. The summed E-state index contributed by atoms with van der Waals surface area (Å²) < 4.78 is 5.24. The number of nitrogens with one attached hydrogen (secondary N) is 1. The number of ether oxygens (including phenoxy) is 1. The van der Waals surface area contributed by atoms with Gasteiger partial charge in [-0.15, -0.1) is 13.2 Å². The summed E-state index contributed by atoms with van der Waals surface area (Å²) in [7, 11) is 0. The van der Waals surface area contributed by atoms with Crippen LogP contribution in [0.5, 0.6) is 0 Å². The van der Waals surface area contributed by atoms with E-state index in [1.54, 1.807) is 24.0 Å². The molecule has 0 aromatic heterocycles. The molecule has 1 aromatic rings. The van der Waals surface area contributed by atoms with Crippen molar-refractivity contribution in [3.8, 4) is 0 Å². The van der Waals surface area contributed by atoms with Gasteiger partial charge >= 0.3 is 5.97 Å². The van der Waals surface area contributed by atoms with E-state index in [1.165, 1.54) is 0 Å². The summed E-state index contributed by atoms with van der Waals surface area (Å²) in [6, 6.07) is 9.48. The molecule has 0 saturated carbocycles. The first-order valence-electron chi connectivity index (χ1n) is 10.5. The molecule has 0 aliphatic heterocycles. The van der Waals surface area contributed by atoms with Gasteiger partial charge in [0.15, 0.2) is 0 Å². The number of amides is 2. The average Bonchev–Trinajstić information content (AvgIpc) is 2.76. The molecule has 2 N–H and O–H groups in total. The van der Waals surface area contributed by atoms with Crippen LogP contribution >= 0.6 is 0 Å². The summed E-state index contributed by atoms with van der Waals surface area (Å²) in [6.45, 7) is 9.48. The molecule has 1 aromatic carbocycles. The molecule has 170 valence electrons. The number of nitrogens with zero attached hydrogens (tertiary/aromatic N) is 1. The van der Waals surface area contributed by atoms with Crippen LogP contribution in [0.1, 0.15) is 38.2 Å². The minimum absolute atomic E-state index is 0.00180. The second-order valence-electron chi connectivity index (χ2n) is 7.32. The van der Waals surface area contributed by atoms with Crippen LogP contribution in [0.2, 0.25) is 0 Å². The van der Waals surface area contributed by atoms with E-state index in [1.807, 2.05) is 30.3 Å². The van der Waals surface area contributed by atoms with Gasteiger partial charge < -0.3 is 20.1 Å². The topological polar surface area (TPSA) is 95.9 Å². The molecule has 0 unspecified atom stereocenters. The zero-order chi connectivity index (χ0) is 23.1. The molecular weight excluding hydrogens is 396 g/mol. The van der Waals surface area contributed by atoms with Crippen molar-refractivity contribution < 1.29 is 24.2 Å². The first-order valence-corrected chi connectivity index (χ1v) is 10.5. The average molecular weight is 431 g/mol. The fraction of sp³-hybridized carbons (Fsp3) is 0.458. The van der Waals surface area contributed by atoms with Crippen LogP contribution in [0.4, 0.5) is 0 Å². The highest BCUT2D eigenvalue weighted by molar-refractivity contribution is 5.86. The van der Waals surface area contributed by atoms with E-state index >= 15 is 0 Å². The summed E-state index contributed by atoms with van der Waals surface area (Å²) in [5.41, 5.74) is 0.945. The minimum atomic E-state index is -0.592.